The normalized spacial score (nSPS) is 10.4. The number of hydrogen-bond donors (Lipinski definition) is 0. The monoisotopic (exact) mass is 265 g/mol. The maximum atomic E-state index is 11.7. The van der Waals surface area contributed by atoms with E-state index in [2.05, 4.69) is 4.98 Å². The molecule has 0 N–H and O–H groups in total. The zero-order valence-corrected chi connectivity index (χ0v) is 10.8. The third-order valence-corrected chi connectivity index (χ3v) is 2.92. The second-order valence-electron chi connectivity index (χ2n) is 3.56. The summed E-state index contributed by atoms with van der Waals surface area (Å²) in [5.74, 6) is 0.143. The summed E-state index contributed by atoms with van der Waals surface area (Å²) in [6, 6.07) is 5.37. The number of rotatable bonds is 3. The maximum Gasteiger partial charge on any atom is 0.341 e. The van der Waals surface area contributed by atoms with E-state index in [0.29, 0.717) is 28.3 Å². The molecule has 1 aromatic carbocycles. The van der Waals surface area contributed by atoms with Crippen LogP contribution in [0.1, 0.15) is 17.3 Å². The van der Waals surface area contributed by atoms with E-state index in [1.54, 1.807) is 32.2 Å². The largest absolute Gasteiger partial charge is 0.494 e. The van der Waals surface area contributed by atoms with Crippen LogP contribution in [0, 0.1) is 0 Å². The van der Waals surface area contributed by atoms with Crippen molar-refractivity contribution in [1.82, 2.24) is 4.98 Å². The Bertz CT molecular complexity index is 598. The quantitative estimate of drug-likeness (QED) is 0.800. The zero-order valence-electron chi connectivity index (χ0n) is 10.1. The van der Waals surface area contributed by atoms with Gasteiger partial charge in [-0.25, -0.2) is 4.79 Å². The number of para-hydroxylation sites is 1. The average molecular weight is 266 g/mol. The summed E-state index contributed by atoms with van der Waals surface area (Å²) in [6.07, 6.45) is 1.41. The highest BCUT2D eigenvalue weighted by Gasteiger charge is 2.16. The van der Waals surface area contributed by atoms with Gasteiger partial charge in [0.2, 0.25) is 0 Å². The molecule has 94 valence electrons. The molecule has 5 heteroatoms. The molecule has 4 nitrogen and oxygen atoms in total. The molecule has 0 saturated carbocycles. The van der Waals surface area contributed by atoms with Crippen molar-refractivity contribution in [2.45, 2.75) is 6.92 Å². The Kier molecular flexibility index (Phi) is 3.67. The Labute approximate surface area is 109 Å². The number of carbonyl (C=O) groups is 1. The van der Waals surface area contributed by atoms with E-state index in [9.17, 15) is 4.79 Å². The van der Waals surface area contributed by atoms with Gasteiger partial charge in [0, 0.05) is 11.6 Å². The van der Waals surface area contributed by atoms with Gasteiger partial charge in [-0.15, -0.1) is 0 Å². The second kappa shape index (κ2) is 5.23. The number of fused-ring (bicyclic) bond motifs is 1. The smallest absolute Gasteiger partial charge is 0.341 e. The molecule has 1 heterocycles. The summed E-state index contributed by atoms with van der Waals surface area (Å²) in [4.78, 5) is 15.9. The molecule has 0 radical (unpaired) electrons. The van der Waals surface area contributed by atoms with Crippen LogP contribution in [-0.2, 0) is 4.74 Å². The first-order valence-corrected chi connectivity index (χ1v) is 5.85. The molecule has 1 aromatic heterocycles. The number of ether oxygens (including phenoxy) is 2. The lowest BCUT2D eigenvalue weighted by atomic mass is 10.1. The van der Waals surface area contributed by atoms with Crippen molar-refractivity contribution < 1.29 is 14.3 Å². The third kappa shape index (κ3) is 2.11. The summed E-state index contributed by atoms with van der Waals surface area (Å²) in [5, 5.41) is 0.999. The molecule has 0 aliphatic rings. The van der Waals surface area contributed by atoms with E-state index in [1.807, 2.05) is 0 Å². The van der Waals surface area contributed by atoms with Gasteiger partial charge in [0.25, 0.3) is 0 Å². The minimum absolute atomic E-state index is 0.263. The molecule has 0 spiro atoms. The van der Waals surface area contributed by atoms with Gasteiger partial charge in [-0.05, 0) is 13.0 Å². The minimum atomic E-state index is -0.472. The van der Waals surface area contributed by atoms with Crippen LogP contribution in [0.3, 0.4) is 0 Å². The molecule has 0 aliphatic carbocycles. The Morgan fingerprint density at radius 2 is 2.22 bits per heavy atom. The lowest BCUT2D eigenvalue weighted by Gasteiger charge is -2.08. The topological polar surface area (TPSA) is 48.4 Å². The molecule has 18 heavy (non-hydrogen) atoms. The summed E-state index contributed by atoms with van der Waals surface area (Å²) in [5.41, 5.74) is 0.886. The fourth-order valence-corrected chi connectivity index (χ4v) is 1.96. The van der Waals surface area contributed by atoms with Gasteiger partial charge in [-0.2, -0.15) is 0 Å². The fraction of sp³-hybridized carbons (Fsp3) is 0.231. The number of benzene rings is 1. The first-order chi connectivity index (χ1) is 8.69. The van der Waals surface area contributed by atoms with Crippen molar-refractivity contribution in [3.05, 3.63) is 35.0 Å². The minimum Gasteiger partial charge on any atom is -0.494 e. The zero-order chi connectivity index (χ0) is 13.1. The van der Waals surface area contributed by atoms with E-state index >= 15 is 0 Å². The highest BCUT2D eigenvalue weighted by Crippen LogP contribution is 2.31. The molecule has 0 atom stereocenters. The van der Waals surface area contributed by atoms with Crippen LogP contribution < -0.4 is 4.74 Å². The number of halogens is 1. The molecule has 0 saturated heterocycles. The number of esters is 1. The highest BCUT2D eigenvalue weighted by molar-refractivity contribution is 6.38. The van der Waals surface area contributed by atoms with Gasteiger partial charge in [-0.3, -0.25) is 4.98 Å². The van der Waals surface area contributed by atoms with E-state index in [4.69, 9.17) is 21.1 Å². The summed E-state index contributed by atoms with van der Waals surface area (Å²) < 4.78 is 10.1. The van der Waals surface area contributed by atoms with Crippen molar-refractivity contribution in [3.63, 3.8) is 0 Å². The number of aromatic nitrogens is 1. The number of nitrogens with zero attached hydrogens (tertiary/aromatic N) is 1. The van der Waals surface area contributed by atoms with Crippen molar-refractivity contribution >= 4 is 28.5 Å². The second-order valence-corrected chi connectivity index (χ2v) is 3.94. The van der Waals surface area contributed by atoms with Crippen LogP contribution in [0.5, 0.6) is 5.75 Å². The van der Waals surface area contributed by atoms with E-state index < -0.39 is 5.97 Å². The first kappa shape index (κ1) is 12.6. The number of methoxy groups -OCH3 is 1. The molecule has 2 rings (SSSR count). The van der Waals surface area contributed by atoms with Gasteiger partial charge < -0.3 is 9.47 Å². The molecule has 0 fully saturated rings. The SMILES string of the molecule is CCOC(=O)c1cnc2c(OC)cccc2c1Cl. The maximum absolute atomic E-state index is 11.7. The predicted molar refractivity (Wildman–Crippen MR) is 69.3 cm³/mol. The van der Waals surface area contributed by atoms with Crippen molar-refractivity contribution in [2.24, 2.45) is 0 Å². The lowest BCUT2D eigenvalue weighted by Crippen LogP contribution is -2.06. The summed E-state index contributed by atoms with van der Waals surface area (Å²) in [6.45, 7) is 2.04. The van der Waals surface area contributed by atoms with Gasteiger partial charge in [0.1, 0.15) is 11.3 Å². The van der Waals surface area contributed by atoms with Gasteiger partial charge in [-0.1, -0.05) is 23.7 Å². The molecular formula is C13H12ClNO3. The van der Waals surface area contributed by atoms with Crippen LogP contribution in [0.15, 0.2) is 24.4 Å². The molecular weight excluding hydrogens is 254 g/mol. The van der Waals surface area contributed by atoms with Crippen LogP contribution >= 0.6 is 11.6 Å². The Morgan fingerprint density at radius 1 is 1.44 bits per heavy atom. The van der Waals surface area contributed by atoms with E-state index in [1.165, 1.54) is 6.20 Å². The van der Waals surface area contributed by atoms with Gasteiger partial charge in [0.05, 0.1) is 24.3 Å². The Balaban J connectivity index is 2.61. The fourth-order valence-electron chi connectivity index (χ4n) is 1.68. The van der Waals surface area contributed by atoms with Crippen molar-refractivity contribution in [2.75, 3.05) is 13.7 Å². The van der Waals surface area contributed by atoms with Crippen LogP contribution in [-0.4, -0.2) is 24.7 Å². The third-order valence-electron chi connectivity index (χ3n) is 2.51. The van der Waals surface area contributed by atoms with Crippen LogP contribution in [0.2, 0.25) is 5.02 Å². The summed E-state index contributed by atoms with van der Waals surface area (Å²) >= 11 is 6.20. The lowest BCUT2D eigenvalue weighted by molar-refractivity contribution is 0.0526. The van der Waals surface area contributed by atoms with Gasteiger partial charge >= 0.3 is 5.97 Å². The number of hydrogen-bond acceptors (Lipinski definition) is 4. The Hall–Kier alpha value is -1.81. The van der Waals surface area contributed by atoms with Crippen molar-refractivity contribution in [3.8, 4) is 5.75 Å². The highest BCUT2D eigenvalue weighted by atomic mass is 35.5. The standard InChI is InChI=1S/C13H12ClNO3/c1-3-18-13(16)9-7-15-12-8(11(9)14)5-4-6-10(12)17-2/h4-7H,3H2,1-2H3. The van der Waals surface area contributed by atoms with E-state index in [-0.39, 0.29) is 5.56 Å². The van der Waals surface area contributed by atoms with Crippen LogP contribution in [0.25, 0.3) is 10.9 Å². The molecule has 0 bridgehead atoms. The molecule has 0 unspecified atom stereocenters. The van der Waals surface area contributed by atoms with E-state index in [0.717, 1.165) is 0 Å². The molecule has 0 aliphatic heterocycles. The number of carbonyl (C=O) groups excluding carboxylic acids is 1. The Morgan fingerprint density at radius 3 is 2.89 bits per heavy atom. The molecule has 2 aromatic rings. The average Bonchev–Trinajstić information content (AvgIpc) is 2.39. The summed E-state index contributed by atoms with van der Waals surface area (Å²) in [7, 11) is 1.56. The van der Waals surface area contributed by atoms with Crippen LogP contribution in [0.4, 0.5) is 0 Å². The van der Waals surface area contributed by atoms with Gasteiger partial charge in [0.15, 0.2) is 0 Å². The first-order valence-electron chi connectivity index (χ1n) is 5.47. The molecule has 0 amide bonds. The number of pyridine rings is 1. The predicted octanol–water partition coefficient (Wildman–Crippen LogP) is 3.07. The van der Waals surface area contributed by atoms with Crippen molar-refractivity contribution in [1.29, 1.82) is 0 Å².